The number of nitrogens with zero attached hydrogens (tertiary/aromatic N) is 2. The number of hydrogen-bond donors (Lipinski definition) is 1. The van der Waals surface area contributed by atoms with Crippen LogP contribution in [0.15, 0.2) is 24.3 Å². The van der Waals surface area contributed by atoms with Crippen molar-refractivity contribution in [3.63, 3.8) is 0 Å². The number of amides is 2. The van der Waals surface area contributed by atoms with E-state index in [2.05, 4.69) is 24.1 Å². The van der Waals surface area contributed by atoms with Crippen LogP contribution in [0.2, 0.25) is 0 Å². The highest BCUT2D eigenvalue weighted by molar-refractivity contribution is 5.97. The van der Waals surface area contributed by atoms with Gasteiger partial charge in [-0.3, -0.25) is 9.59 Å². The Balaban J connectivity index is 2.03. The molecule has 1 aromatic rings. The first-order valence-electron chi connectivity index (χ1n) is 8.97. The van der Waals surface area contributed by atoms with Gasteiger partial charge in [0, 0.05) is 37.4 Å². The van der Waals surface area contributed by atoms with Gasteiger partial charge in [-0.1, -0.05) is 12.8 Å². The predicted octanol–water partition coefficient (Wildman–Crippen LogP) is 2.94. The standard InChI is InChI=1S/C19H29N3O2/c1-4-21(5-2)17-10-12-18(13-11-17)22(15(3)23)14-19(24)20-16-8-6-7-9-16/h10-13,16H,4-9,14H2,1-3H3,(H,20,24). The van der Waals surface area contributed by atoms with Crippen LogP contribution in [0.25, 0.3) is 0 Å². The Labute approximate surface area is 145 Å². The minimum Gasteiger partial charge on any atom is -0.372 e. The zero-order valence-corrected chi connectivity index (χ0v) is 15.0. The van der Waals surface area contributed by atoms with Crippen LogP contribution in [0.3, 0.4) is 0 Å². The van der Waals surface area contributed by atoms with Gasteiger partial charge in [-0.05, 0) is 51.0 Å². The lowest BCUT2D eigenvalue weighted by Crippen LogP contribution is -2.43. The van der Waals surface area contributed by atoms with Crippen LogP contribution in [0, 0.1) is 0 Å². The fraction of sp³-hybridized carbons (Fsp3) is 0.579. The molecule has 1 saturated carbocycles. The summed E-state index contributed by atoms with van der Waals surface area (Å²) in [6, 6.07) is 8.12. The van der Waals surface area contributed by atoms with Gasteiger partial charge < -0.3 is 15.1 Å². The van der Waals surface area contributed by atoms with Crippen LogP contribution in [-0.2, 0) is 9.59 Å². The number of benzene rings is 1. The van der Waals surface area contributed by atoms with Gasteiger partial charge in [0.1, 0.15) is 6.54 Å². The van der Waals surface area contributed by atoms with Crippen molar-refractivity contribution < 1.29 is 9.59 Å². The highest BCUT2D eigenvalue weighted by atomic mass is 16.2. The molecular formula is C19H29N3O2. The summed E-state index contributed by atoms with van der Waals surface area (Å²) in [5, 5.41) is 3.04. The van der Waals surface area contributed by atoms with Gasteiger partial charge in [0.2, 0.25) is 11.8 Å². The number of nitrogens with one attached hydrogen (secondary N) is 1. The number of carbonyl (C=O) groups is 2. The highest BCUT2D eigenvalue weighted by Crippen LogP contribution is 2.21. The van der Waals surface area contributed by atoms with E-state index in [4.69, 9.17) is 0 Å². The maximum Gasteiger partial charge on any atom is 0.240 e. The average molecular weight is 331 g/mol. The predicted molar refractivity (Wildman–Crippen MR) is 98.4 cm³/mol. The van der Waals surface area contributed by atoms with E-state index in [9.17, 15) is 9.59 Å². The molecule has 0 spiro atoms. The Morgan fingerprint density at radius 2 is 1.58 bits per heavy atom. The lowest BCUT2D eigenvalue weighted by Gasteiger charge is -2.24. The Kier molecular flexibility index (Phi) is 6.64. The third kappa shape index (κ3) is 4.73. The molecule has 132 valence electrons. The van der Waals surface area contributed by atoms with Crippen molar-refractivity contribution in [1.29, 1.82) is 0 Å². The summed E-state index contributed by atoms with van der Waals surface area (Å²) in [4.78, 5) is 28.0. The molecule has 0 radical (unpaired) electrons. The molecule has 1 aromatic carbocycles. The zero-order chi connectivity index (χ0) is 17.5. The van der Waals surface area contributed by atoms with E-state index in [-0.39, 0.29) is 24.4 Å². The van der Waals surface area contributed by atoms with E-state index < -0.39 is 0 Å². The Bertz CT molecular complexity index is 546. The number of hydrogen-bond acceptors (Lipinski definition) is 3. The van der Waals surface area contributed by atoms with Gasteiger partial charge in [-0.25, -0.2) is 0 Å². The molecule has 1 fully saturated rings. The van der Waals surface area contributed by atoms with Crippen molar-refractivity contribution in [1.82, 2.24) is 5.32 Å². The first kappa shape index (κ1) is 18.3. The molecule has 0 aliphatic heterocycles. The summed E-state index contributed by atoms with van der Waals surface area (Å²) in [5.74, 6) is -0.197. The third-order valence-corrected chi connectivity index (χ3v) is 4.69. The van der Waals surface area contributed by atoms with Gasteiger partial charge in [0.25, 0.3) is 0 Å². The molecule has 24 heavy (non-hydrogen) atoms. The van der Waals surface area contributed by atoms with E-state index >= 15 is 0 Å². The lowest BCUT2D eigenvalue weighted by atomic mass is 10.2. The molecule has 1 aliphatic carbocycles. The molecule has 5 heteroatoms. The second kappa shape index (κ2) is 8.71. The Hall–Kier alpha value is -2.04. The summed E-state index contributed by atoms with van der Waals surface area (Å²) in [6.45, 7) is 7.70. The Morgan fingerprint density at radius 3 is 2.08 bits per heavy atom. The van der Waals surface area contributed by atoms with E-state index in [0.29, 0.717) is 0 Å². The number of anilines is 2. The van der Waals surface area contributed by atoms with Crippen LogP contribution in [0.5, 0.6) is 0 Å². The summed E-state index contributed by atoms with van der Waals surface area (Å²) in [5.41, 5.74) is 1.89. The van der Waals surface area contributed by atoms with Crippen molar-refractivity contribution in [2.45, 2.75) is 52.5 Å². The molecule has 0 bridgehead atoms. The Morgan fingerprint density at radius 1 is 1.04 bits per heavy atom. The first-order valence-corrected chi connectivity index (χ1v) is 8.97. The fourth-order valence-corrected chi connectivity index (χ4v) is 3.30. The smallest absolute Gasteiger partial charge is 0.240 e. The molecule has 0 heterocycles. The van der Waals surface area contributed by atoms with E-state index in [1.54, 1.807) is 0 Å². The number of carbonyl (C=O) groups excluding carboxylic acids is 2. The van der Waals surface area contributed by atoms with Crippen LogP contribution in [0.1, 0.15) is 46.5 Å². The molecule has 0 unspecified atom stereocenters. The molecule has 2 rings (SSSR count). The first-order chi connectivity index (χ1) is 11.5. The van der Waals surface area contributed by atoms with Gasteiger partial charge >= 0.3 is 0 Å². The second-order valence-corrected chi connectivity index (χ2v) is 6.34. The summed E-state index contributed by atoms with van der Waals surface area (Å²) in [7, 11) is 0. The van der Waals surface area contributed by atoms with E-state index in [0.717, 1.165) is 37.3 Å². The lowest BCUT2D eigenvalue weighted by molar-refractivity contribution is -0.123. The normalized spacial score (nSPS) is 14.5. The summed E-state index contributed by atoms with van der Waals surface area (Å²) < 4.78 is 0. The van der Waals surface area contributed by atoms with Gasteiger partial charge in [0.05, 0.1) is 0 Å². The summed E-state index contributed by atoms with van der Waals surface area (Å²) in [6.07, 6.45) is 4.44. The van der Waals surface area contributed by atoms with E-state index in [1.165, 1.54) is 24.7 Å². The fourth-order valence-electron chi connectivity index (χ4n) is 3.30. The number of rotatable bonds is 7. The topological polar surface area (TPSA) is 52.6 Å². The molecule has 0 atom stereocenters. The summed E-state index contributed by atoms with van der Waals surface area (Å²) >= 11 is 0. The van der Waals surface area contributed by atoms with E-state index in [1.807, 2.05) is 24.3 Å². The minimum absolute atomic E-state index is 0.0788. The SMILES string of the molecule is CCN(CC)c1ccc(N(CC(=O)NC2CCCC2)C(C)=O)cc1. The van der Waals surface area contributed by atoms with Gasteiger partial charge in [-0.2, -0.15) is 0 Å². The zero-order valence-electron chi connectivity index (χ0n) is 15.0. The average Bonchev–Trinajstić information content (AvgIpc) is 3.07. The van der Waals surface area contributed by atoms with Crippen molar-refractivity contribution in [3.8, 4) is 0 Å². The van der Waals surface area contributed by atoms with Gasteiger partial charge in [-0.15, -0.1) is 0 Å². The molecule has 2 amide bonds. The molecule has 0 saturated heterocycles. The van der Waals surface area contributed by atoms with Crippen LogP contribution < -0.4 is 15.1 Å². The molecular weight excluding hydrogens is 302 g/mol. The minimum atomic E-state index is -0.118. The second-order valence-electron chi connectivity index (χ2n) is 6.34. The highest BCUT2D eigenvalue weighted by Gasteiger charge is 2.20. The van der Waals surface area contributed by atoms with Crippen LogP contribution in [-0.4, -0.2) is 37.5 Å². The van der Waals surface area contributed by atoms with Crippen molar-refractivity contribution in [3.05, 3.63) is 24.3 Å². The molecule has 5 nitrogen and oxygen atoms in total. The molecule has 0 aromatic heterocycles. The van der Waals surface area contributed by atoms with Crippen LogP contribution in [0.4, 0.5) is 11.4 Å². The largest absolute Gasteiger partial charge is 0.372 e. The quantitative estimate of drug-likeness (QED) is 0.836. The maximum atomic E-state index is 12.2. The third-order valence-electron chi connectivity index (χ3n) is 4.69. The van der Waals surface area contributed by atoms with Crippen molar-refractivity contribution >= 4 is 23.2 Å². The maximum absolute atomic E-state index is 12.2. The van der Waals surface area contributed by atoms with Crippen molar-refractivity contribution in [2.24, 2.45) is 0 Å². The van der Waals surface area contributed by atoms with Gasteiger partial charge in [0.15, 0.2) is 0 Å². The monoisotopic (exact) mass is 331 g/mol. The molecule has 1 aliphatic rings. The van der Waals surface area contributed by atoms with Crippen LogP contribution >= 0.6 is 0 Å². The van der Waals surface area contributed by atoms with Crippen molar-refractivity contribution in [2.75, 3.05) is 29.4 Å². The molecule has 1 N–H and O–H groups in total.